The van der Waals surface area contributed by atoms with E-state index in [1.54, 1.807) is 7.11 Å². The summed E-state index contributed by atoms with van der Waals surface area (Å²) in [5, 5.41) is 0.741. The highest BCUT2D eigenvalue weighted by Crippen LogP contribution is 2.25. The Morgan fingerprint density at radius 1 is 1.33 bits per heavy atom. The smallest absolute Gasteiger partial charge is 0.129 e. The largest absolute Gasteiger partial charge is 0.462 e. The van der Waals surface area contributed by atoms with Crippen LogP contribution in [0.3, 0.4) is 0 Å². The number of halogens is 1. The predicted molar refractivity (Wildman–Crippen MR) is 71.6 cm³/mol. The van der Waals surface area contributed by atoms with Gasteiger partial charge in [-0.2, -0.15) is 0 Å². The lowest BCUT2D eigenvalue weighted by atomic mass is 10.0. The van der Waals surface area contributed by atoms with Crippen LogP contribution in [0.5, 0.6) is 0 Å². The van der Waals surface area contributed by atoms with E-state index in [1.807, 2.05) is 37.3 Å². The third-order valence-electron chi connectivity index (χ3n) is 2.82. The molecule has 0 spiro atoms. The Morgan fingerprint density at radius 2 is 2.11 bits per heavy atom. The molecule has 18 heavy (non-hydrogen) atoms. The standard InChI is InChI=1S/C14H16ClNO2/c1-9-7-10(3-5-12(9)15)14(16)13-6-4-11(18-13)8-17-2/h3-7,14H,8,16H2,1-2H3. The molecule has 96 valence electrons. The van der Waals surface area contributed by atoms with Crippen LogP contribution in [0, 0.1) is 6.92 Å². The lowest BCUT2D eigenvalue weighted by Crippen LogP contribution is -2.11. The monoisotopic (exact) mass is 265 g/mol. The summed E-state index contributed by atoms with van der Waals surface area (Å²) in [6.07, 6.45) is 0. The summed E-state index contributed by atoms with van der Waals surface area (Å²) in [6.45, 7) is 2.41. The molecule has 0 radical (unpaired) electrons. The topological polar surface area (TPSA) is 48.4 Å². The first kappa shape index (κ1) is 13.1. The number of rotatable bonds is 4. The number of benzene rings is 1. The summed E-state index contributed by atoms with van der Waals surface area (Å²) in [7, 11) is 1.63. The number of hydrogen-bond acceptors (Lipinski definition) is 3. The van der Waals surface area contributed by atoms with Crippen molar-refractivity contribution < 1.29 is 9.15 Å². The van der Waals surface area contributed by atoms with E-state index in [-0.39, 0.29) is 6.04 Å². The normalized spacial score (nSPS) is 12.7. The minimum absolute atomic E-state index is 0.286. The molecule has 0 bridgehead atoms. The summed E-state index contributed by atoms with van der Waals surface area (Å²) >= 11 is 6.00. The fourth-order valence-corrected chi connectivity index (χ4v) is 1.92. The SMILES string of the molecule is COCc1ccc(C(N)c2ccc(Cl)c(C)c2)o1. The van der Waals surface area contributed by atoms with Gasteiger partial charge >= 0.3 is 0 Å². The summed E-state index contributed by atoms with van der Waals surface area (Å²) in [5.41, 5.74) is 8.16. The van der Waals surface area contributed by atoms with E-state index in [0.717, 1.165) is 27.7 Å². The number of nitrogens with two attached hydrogens (primary N) is 1. The Hall–Kier alpha value is -1.29. The highest BCUT2D eigenvalue weighted by atomic mass is 35.5. The molecular formula is C14H16ClNO2. The van der Waals surface area contributed by atoms with Gasteiger partial charge in [-0.25, -0.2) is 0 Å². The predicted octanol–water partition coefficient (Wildman–Crippen LogP) is 3.44. The van der Waals surface area contributed by atoms with E-state index in [0.29, 0.717) is 6.61 Å². The number of methoxy groups -OCH3 is 1. The van der Waals surface area contributed by atoms with Gasteiger partial charge in [-0.1, -0.05) is 23.7 Å². The average Bonchev–Trinajstić information content (AvgIpc) is 2.81. The molecule has 2 N–H and O–H groups in total. The van der Waals surface area contributed by atoms with E-state index >= 15 is 0 Å². The van der Waals surface area contributed by atoms with E-state index in [9.17, 15) is 0 Å². The first-order chi connectivity index (χ1) is 8.61. The maximum absolute atomic E-state index is 6.17. The zero-order valence-electron chi connectivity index (χ0n) is 10.4. The summed E-state index contributed by atoms with van der Waals surface area (Å²) in [4.78, 5) is 0. The minimum atomic E-state index is -0.286. The van der Waals surface area contributed by atoms with Crippen LogP contribution in [0.2, 0.25) is 5.02 Å². The van der Waals surface area contributed by atoms with Gasteiger partial charge in [0, 0.05) is 12.1 Å². The number of aryl methyl sites for hydroxylation is 1. The van der Waals surface area contributed by atoms with Gasteiger partial charge < -0.3 is 14.9 Å². The summed E-state index contributed by atoms with van der Waals surface area (Å²) < 4.78 is 10.6. The summed E-state index contributed by atoms with van der Waals surface area (Å²) in [5.74, 6) is 1.50. The molecule has 1 aromatic carbocycles. The second kappa shape index (κ2) is 5.57. The molecule has 2 rings (SSSR count). The maximum Gasteiger partial charge on any atom is 0.129 e. The average molecular weight is 266 g/mol. The van der Waals surface area contributed by atoms with Crippen LogP contribution < -0.4 is 5.73 Å². The van der Waals surface area contributed by atoms with Crippen molar-refractivity contribution in [3.63, 3.8) is 0 Å². The Bertz CT molecular complexity index is 536. The van der Waals surface area contributed by atoms with Crippen LogP contribution in [0.25, 0.3) is 0 Å². The molecule has 1 heterocycles. The Balaban J connectivity index is 2.23. The molecule has 0 aliphatic carbocycles. The van der Waals surface area contributed by atoms with Crippen LogP contribution in [-0.4, -0.2) is 7.11 Å². The van der Waals surface area contributed by atoms with Gasteiger partial charge in [0.1, 0.15) is 18.1 Å². The Labute approximate surface area is 111 Å². The molecule has 1 atom stereocenters. The van der Waals surface area contributed by atoms with Crippen LogP contribution in [0.15, 0.2) is 34.7 Å². The molecular weight excluding hydrogens is 250 g/mol. The van der Waals surface area contributed by atoms with Crippen molar-refractivity contribution in [3.05, 3.63) is 58.0 Å². The van der Waals surface area contributed by atoms with Crippen LogP contribution in [0.4, 0.5) is 0 Å². The van der Waals surface area contributed by atoms with Crippen molar-refractivity contribution in [2.24, 2.45) is 5.73 Å². The van der Waals surface area contributed by atoms with Crippen LogP contribution in [-0.2, 0) is 11.3 Å². The fraction of sp³-hybridized carbons (Fsp3) is 0.286. The zero-order chi connectivity index (χ0) is 13.1. The molecule has 0 saturated heterocycles. The molecule has 4 heteroatoms. The van der Waals surface area contributed by atoms with Crippen molar-refractivity contribution in [3.8, 4) is 0 Å². The molecule has 0 aliphatic heterocycles. The zero-order valence-corrected chi connectivity index (χ0v) is 11.2. The first-order valence-corrected chi connectivity index (χ1v) is 6.09. The number of ether oxygens (including phenoxy) is 1. The van der Waals surface area contributed by atoms with Crippen molar-refractivity contribution in [2.75, 3.05) is 7.11 Å². The molecule has 0 saturated carbocycles. The van der Waals surface area contributed by atoms with Gasteiger partial charge in [0.15, 0.2) is 0 Å². The summed E-state index contributed by atoms with van der Waals surface area (Å²) in [6, 6.07) is 9.21. The van der Waals surface area contributed by atoms with Gasteiger partial charge in [-0.05, 0) is 36.2 Å². The first-order valence-electron chi connectivity index (χ1n) is 5.71. The molecule has 0 amide bonds. The van der Waals surface area contributed by atoms with Crippen molar-refractivity contribution >= 4 is 11.6 Å². The molecule has 0 aliphatic rings. The van der Waals surface area contributed by atoms with Gasteiger partial charge in [0.05, 0.1) is 6.04 Å². The van der Waals surface area contributed by atoms with E-state index in [4.69, 9.17) is 26.5 Å². The highest BCUT2D eigenvalue weighted by molar-refractivity contribution is 6.31. The van der Waals surface area contributed by atoms with Crippen LogP contribution >= 0.6 is 11.6 Å². The van der Waals surface area contributed by atoms with Crippen molar-refractivity contribution in [1.82, 2.24) is 0 Å². The number of furan rings is 1. The third kappa shape index (κ3) is 2.75. The molecule has 2 aromatic rings. The quantitative estimate of drug-likeness (QED) is 0.921. The van der Waals surface area contributed by atoms with Crippen molar-refractivity contribution in [2.45, 2.75) is 19.6 Å². The fourth-order valence-electron chi connectivity index (χ4n) is 1.81. The molecule has 3 nitrogen and oxygen atoms in total. The van der Waals surface area contributed by atoms with Gasteiger partial charge in [0.2, 0.25) is 0 Å². The molecule has 0 fully saturated rings. The maximum atomic E-state index is 6.17. The molecule has 1 aromatic heterocycles. The third-order valence-corrected chi connectivity index (χ3v) is 3.24. The van der Waals surface area contributed by atoms with Gasteiger partial charge in [-0.15, -0.1) is 0 Å². The second-order valence-electron chi connectivity index (χ2n) is 4.22. The van der Waals surface area contributed by atoms with E-state index < -0.39 is 0 Å². The van der Waals surface area contributed by atoms with Crippen molar-refractivity contribution in [1.29, 1.82) is 0 Å². The lowest BCUT2D eigenvalue weighted by molar-refractivity contribution is 0.162. The second-order valence-corrected chi connectivity index (χ2v) is 4.63. The van der Waals surface area contributed by atoms with Gasteiger partial charge in [0.25, 0.3) is 0 Å². The Morgan fingerprint density at radius 3 is 2.78 bits per heavy atom. The van der Waals surface area contributed by atoms with Crippen LogP contribution in [0.1, 0.15) is 28.7 Å². The Kier molecular flexibility index (Phi) is 4.07. The van der Waals surface area contributed by atoms with E-state index in [1.165, 1.54) is 0 Å². The highest BCUT2D eigenvalue weighted by Gasteiger charge is 2.14. The van der Waals surface area contributed by atoms with Gasteiger partial charge in [-0.3, -0.25) is 0 Å². The van der Waals surface area contributed by atoms with E-state index in [2.05, 4.69) is 0 Å². The minimum Gasteiger partial charge on any atom is -0.462 e. The molecule has 1 unspecified atom stereocenters. The number of hydrogen-bond donors (Lipinski definition) is 1. The lowest BCUT2D eigenvalue weighted by Gasteiger charge is -2.10.